The van der Waals surface area contributed by atoms with Crippen molar-refractivity contribution in [3.8, 4) is 0 Å². The van der Waals surface area contributed by atoms with Gasteiger partial charge in [-0.25, -0.2) is 4.68 Å². The van der Waals surface area contributed by atoms with Crippen LogP contribution in [0.3, 0.4) is 0 Å². The summed E-state index contributed by atoms with van der Waals surface area (Å²) >= 11 is 0. The van der Waals surface area contributed by atoms with Crippen molar-refractivity contribution in [1.82, 2.24) is 35.0 Å². The molecular formula is C22H29N7O2. The summed E-state index contributed by atoms with van der Waals surface area (Å²) < 4.78 is 7.65. The van der Waals surface area contributed by atoms with Gasteiger partial charge in [-0.2, -0.15) is 0 Å². The maximum atomic E-state index is 13.2. The van der Waals surface area contributed by atoms with E-state index in [1.807, 2.05) is 22.9 Å². The van der Waals surface area contributed by atoms with Gasteiger partial charge in [0.25, 0.3) is 5.56 Å². The molecule has 1 N–H and O–H groups in total. The quantitative estimate of drug-likeness (QED) is 0.662. The summed E-state index contributed by atoms with van der Waals surface area (Å²) in [5, 5.41) is 13.7. The predicted octanol–water partition coefficient (Wildman–Crippen LogP) is 1.34. The molecule has 2 atom stereocenters. The third-order valence-electron chi connectivity index (χ3n) is 6.43. The normalized spacial score (nSPS) is 21.7. The number of pyridine rings is 1. The molecule has 5 rings (SSSR count). The molecule has 1 aromatic carbocycles. The Morgan fingerprint density at radius 3 is 2.84 bits per heavy atom. The Morgan fingerprint density at radius 1 is 1.23 bits per heavy atom. The van der Waals surface area contributed by atoms with Crippen LogP contribution in [0.2, 0.25) is 0 Å². The fraction of sp³-hybridized carbons (Fsp3) is 0.545. The van der Waals surface area contributed by atoms with Crippen LogP contribution in [0.4, 0.5) is 0 Å². The van der Waals surface area contributed by atoms with E-state index in [4.69, 9.17) is 4.74 Å². The molecule has 9 heteroatoms. The molecule has 2 fully saturated rings. The number of rotatable bonds is 5. The molecule has 0 bridgehead atoms. The Hall–Kier alpha value is -2.62. The van der Waals surface area contributed by atoms with Crippen molar-refractivity contribution in [3.05, 3.63) is 51.6 Å². The third kappa shape index (κ3) is 4.13. The first-order chi connectivity index (χ1) is 15.1. The van der Waals surface area contributed by atoms with Gasteiger partial charge in [0.15, 0.2) is 5.82 Å². The van der Waals surface area contributed by atoms with Crippen LogP contribution in [0.25, 0.3) is 10.9 Å². The van der Waals surface area contributed by atoms with E-state index in [1.165, 1.54) is 0 Å². The lowest BCUT2D eigenvalue weighted by atomic mass is 10.0. The monoisotopic (exact) mass is 423 g/mol. The molecule has 4 heterocycles. The number of aromatic amines is 1. The van der Waals surface area contributed by atoms with E-state index in [-0.39, 0.29) is 17.7 Å². The van der Waals surface area contributed by atoms with Gasteiger partial charge >= 0.3 is 0 Å². The highest BCUT2D eigenvalue weighted by atomic mass is 16.5. The molecule has 0 radical (unpaired) electrons. The van der Waals surface area contributed by atoms with Gasteiger partial charge in [0.05, 0.1) is 12.6 Å². The van der Waals surface area contributed by atoms with E-state index >= 15 is 0 Å². The van der Waals surface area contributed by atoms with Gasteiger partial charge in [0, 0.05) is 43.9 Å². The fourth-order valence-corrected chi connectivity index (χ4v) is 4.64. The summed E-state index contributed by atoms with van der Waals surface area (Å²) in [6, 6.07) is 7.78. The van der Waals surface area contributed by atoms with E-state index in [2.05, 4.69) is 50.3 Å². The van der Waals surface area contributed by atoms with Gasteiger partial charge in [-0.3, -0.25) is 9.69 Å². The van der Waals surface area contributed by atoms with Gasteiger partial charge in [0.2, 0.25) is 0 Å². The minimum absolute atomic E-state index is 0.0908. The van der Waals surface area contributed by atoms with Crippen LogP contribution in [-0.4, -0.2) is 80.9 Å². The van der Waals surface area contributed by atoms with Gasteiger partial charge in [-0.05, 0) is 60.8 Å². The summed E-state index contributed by atoms with van der Waals surface area (Å²) in [5.41, 5.74) is 2.60. The number of fused-ring (bicyclic) bond motifs is 1. The molecule has 9 nitrogen and oxygen atoms in total. The zero-order chi connectivity index (χ0) is 21.4. The summed E-state index contributed by atoms with van der Waals surface area (Å²) in [6.07, 6.45) is 2.19. The van der Waals surface area contributed by atoms with Gasteiger partial charge < -0.3 is 14.6 Å². The molecule has 164 valence electrons. The van der Waals surface area contributed by atoms with Crippen molar-refractivity contribution in [1.29, 1.82) is 0 Å². The second-order valence-corrected chi connectivity index (χ2v) is 8.74. The Bertz CT molecular complexity index is 1110. The molecule has 2 aliphatic heterocycles. The van der Waals surface area contributed by atoms with E-state index in [9.17, 15) is 4.79 Å². The number of H-pyrrole nitrogens is 1. The van der Waals surface area contributed by atoms with Crippen LogP contribution < -0.4 is 5.56 Å². The number of likely N-dealkylation sites (N-methyl/N-ethyl adjacent to an activating group) is 1. The average molecular weight is 424 g/mol. The number of hydrogen-bond acceptors (Lipinski definition) is 7. The second kappa shape index (κ2) is 8.49. The van der Waals surface area contributed by atoms with Crippen molar-refractivity contribution < 1.29 is 4.74 Å². The number of aromatic nitrogens is 5. The molecule has 2 aliphatic rings. The number of nitrogens with zero attached hydrogens (tertiary/aromatic N) is 6. The summed E-state index contributed by atoms with van der Waals surface area (Å²) in [5.74, 6) is 0.706. The van der Waals surface area contributed by atoms with Crippen LogP contribution in [0.15, 0.2) is 29.1 Å². The van der Waals surface area contributed by atoms with Crippen LogP contribution in [0, 0.1) is 6.92 Å². The number of tetrazole rings is 1. The zero-order valence-electron chi connectivity index (χ0n) is 18.1. The van der Waals surface area contributed by atoms with Crippen molar-refractivity contribution in [2.75, 3.05) is 39.8 Å². The molecule has 0 saturated carbocycles. The number of ether oxygens (including phenoxy) is 1. The van der Waals surface area contributed by atoms with Gasteiger partial charge in [0.1, 0.15) is 6.04 Å². The second-order valence-electron chi connectivity index (χ2n) is 8.74. The number of benzene rings is 1. The number of piperazine rings is 1. The molecule has 0 unspecified atom stereocenters. The standard InChI is InChI=1S/C22H29N7O2/c1-15-5-6-19-16(12-15)13-18(22(30)23-19)20(28-9-7-27(2)8-10-28)21-24-25-26-29(21)14-17-4-3-11-31-17/h5-6,12-13,17,20H,3-4,7-11,14H2,1-2H3,(H,23,30)/t17-,20-/m0/s1. The first-order valence-electron chi connectivity index (χ1n) is 11.0. The molecular weight excluding hydrogens is 394 g/mol. The molecule has 2 aromatic heterocycles. The number of nitrogens with one attached hydrogen (secondary N) is 1. The highest BCUT2D eigenvalue weighted by Gasteiger charge is 2.33. The van der Waals surface area contributed by atoms with E-state index < -0.39 is 0 Å². The summed E-state index contributed by atoms with van der Waals surface area (Å²) in [6.45, 7) is 7.02. The molecule has 31 heavy (non-hydrogen) atoms. The highest BCUT2D eigenvalue weighted by molar-refractivity contribution is 5.79. The third-order valence-corrected chi connectivity index (χ3v) is 6.43. The van der Waals surface area contributed by atoms with Gasteiger partial charge in [-0.15, -0.1) is 5.10 Å². The first kappa shape index (κ1) is 20.3. The highest BCUT2D eigenvalue weighted by Crippen LogP contribution is 2.28. The lowest BCUT2D eigenvalue weighted by molar-refractivity contribution is 0.0878. The minimum Gasteiger partial charge on any atom is -0.376 e. The predicted molar refractivity (Wildman–Crippen MR) is 117 cm³/mol. The Kier molecular flexibility index (Phi) is 5.56. The topological polar surface area (TPSA) is 92.2 Å². The van der Waals surface area contributed by atoms with Crippen LogP contribution in [0.1, 0.15) is 35.8 Å². The molecule has 2 saturated heterocycles. The fourth-order valence-electron chi connectivity index (χ4n) is 4.64. The van der Waals surface area contributed by atoms with Crippen molar-refractivity contribution in [2.45, 2.75) is 38.5 Å². The Morgan fingerprint density at radius 2 is 2.06 bits per heavy atom. The van der Waals surface area contributed by atoms with E-state index in [1.54, 1.807) is 0 Å². The number of hydrogen-bond donors (Lipinski definition) is 1. The lowest BCUT2D eigenvalue weighted by Gasteiger charge is -2.37. The van der Waals surface area contributed by atoms with E-state index in [0.29, 0.717) is 17.9 Å². The largest absolute Gasteiger partial charge is 0.376 e. The molecule has 0 spiro atoms. The van der Waals surface area contributed by atoms with Crippen molar-refractivity contribution >= 4 is 10.9 Å². The van der Waals surface area contributed by atoms with Crippen molar-refractivity contribution in [2.24, 2.45) is 0 Å². The molecule has 3 aromatic rings. The van der Waals surface area contributed by atoms with Gasteiger partial charge in [-0.1, -0.05) is 11.6 Å². The van der Waals surface area contributed by atoms with Crippen LogP contribution >= 0.6 is 0 Å². The zero-order valence-corrected chi connectivity index (χ0v) is 18.1. The SMILES string of the molecule is Cc1ccc2[nH]c(=O)c([C@@H](c3nnnn3C[C@@H]3CCCO3)N3CCN(C)CC3)cc2c1. The first-order valence-corrected chi connectivity index (χ1v) is 11.0. The lowest BCUT2D eigenvalue weighted by Crippen LogP contribution is -2.47. The molecule has 0 aliphatic carbocycles. The van der Waals surface area contributed by atoms with Crippen LogP contribution in [-0.2, 0) is 11.3 Å². The smallest absolute Gasteiger partial charge is 0.253 e. The maximum absolute atomic E-state index is 13.2. The van der Waals surface area contributed by atoms with Crippen LogP contribution in [0.5, 0.6) is 0 Å². The minimum atomic E-state index is -0.307. The number of aryl methyl sites for hydroxylation is 1. The maximum Gasteiger partial charge on any atom is 0.253 e. The Balaban J connectivity index is 1.59. The molecule has 0 amide bonds. The average Bonchev–Trinajstić information content (AvgIpc) is 3.43. The van der Waals surface area contributed by atoms with Crippen molar-refractivity contribution in [3.63, 3.8) is 0 Å². The summed E-state index contributed by atoms with van der Waals surface area (Å²) in [7, 11) is 2.12. The summed E-state index contributed by atoms with van der Waals surface area (Å²) in [4.78, 5) is 20.9. The Labute approximate surface area is 181 Å². The van der Waals surface area contributed by atoms with E-state index in [0.717, 1.165) is 62.1 Å².